The number of rotatable bonds is 3. The Morgan fingerprint density at radius 1 is 1.33 bits per heavy atom. The maximum absolute atomic E-state index is 13.6. The molecule has 0 spiro atoms. The quantitative estimate of drug-likeness (QED) is 0.744. The van der Waals surface area contributed by atoms with Gasteiger partial charge in [-0.15, -0.1) is 0 Å². The van der Waals surface area contributed by atoms with Crippen LogP contribution < -0.4 is 0 Å². The van der Waals surface area contributed by atoms with E-state index in [1.165, 1.54) is 6.07 Å². The molecule has 0 aliphatic rings. The smallest absolute Gasteiger partial charge is 0.201 e. The molecule has 0 N–H and O–H groups in total. The summed E-state index contributed by atoms with van der Waals surface area (Å²) in [5, 5.41) is 8.31. The van der Waals surface area contributed by atoms with E-state index in [2.05, 4.69) is 0 Å². The second kappa shape index (κ2) is 4.39. The Morgan fingerprint density at radius 2 is 2.00 bits per heavy atom. The molecule has 1 aromatic carbocycles. The van der Waals surface area contributed by atoms with Gasteiger partial charge in [0.1, 0.15) is 0 Å². The van der Waals surface area contributed by atoms with Crippen LogP contribution in [0.5, 0.6) is 0 Å². The van der Waals surface area contributed by atoms with Gasteiger partial charge in [0.25, 0.3) is 5.92 Å². The number of alkyl halides is 2. The molecule has 1 rings (SSSR count). The van der Waals surface area contributed by atoms with Gasteiger partial charge in [-0.1, -0.05) is 23.8 Å². The number of aryl methyl sites for hydroxylation is 2. The van der Waals surface area contributed by atoms with Crippen molar-refractivity contribution in [2.24, 2.45) is 0 Å². The second-order valence-corrected chi connectivity index (χ2v) is 3.68. The lowest BCUT2D eigenvalue weighted by molar-refractivity contribution is -0.0125. The summed E-state index contributed by atoms with van der Waals surface area (Å²) < 4.78 is 27.2. The molecule has 3 heteroatoms. The lowest BCUT2D eigenvalue weighted by Crippen LogP contribution is -2.14. The van der Waals surface area contributed by atoms with Gasteiger partial charge in [-0.2, -0.15) is 5.26 Å². The minimum absolute atomic E-state index is 0.0309. The van der Waals surface area contributed by atoms with Crippen LogP contribution in [0.4, 0.5) is 8.78 Å². The first kappa shape index (κ1) is 11.6. The third-order valence-electron chi connectivity index (χ3n) is 2.33. The predicted octanol–water partition coefficient (Wildman–Crippen LogP) is 3.70. The van der Waals surface area contributed by atoms with Gasteiger partial charge in [-0.25, -0.2) is 8.78 Å². The van der Waals surface area contributed by atoms with Crippen LogP contribution in [0.15, 0.2) is 18.2 Å². The van der Waals surface area contributed by atoms with Gasteiger partial charge in [0, 0.05) is 18.4 Å². The Bertz CT molecular complexity index is 391. The maximum atomic E-state index is 13.6. The SMILES string of the molecule is Cc1ccc(C(F)(F)CCC#N)c(C)c1. The summed E-state index contributed by atoms with van der Waals surface area (Å²) in [6, 6.07) is 6.59. The van der Waals surface area contributed by atoms with Crippen LogP contribution in [-0.4, -0.2) is 0 Å². The molecular weight excluding hydrogens is 196 g/mol. The predicted molar refractivity (Wildman–Crippen MR) is 54.7 cm³/mol. The van der Waals surface area contributed by atoms with Gasteiger partial charge in [-0.05, 0) is 19.4 Å². The van der Waals surface area contributed by atoms with Crippen LogP contribution >= 0.6 is 0 Å². The highest BCUT2D eigenvalue weighted by atomic mass is 19.3. The molecule has 0 saturated heterocycles. The zero-order chi connectivity index (χ0) is 11.5. The van der Waals surface area contributed by atoms with Crippen molar-refractivity contribution in [2.45, 2.75) is 32.6 Å². The number of nitriles is 1. The van der Waals surface area contributed by atoms with E-state index in [4.69, 9.17) is 5.26 Å². The zero-order valence-corrected chi connectivity index (χ0v) is 8.85. The molecule has 0 aliphatic heterocycles. The molecule has 1 nitrogen and oxygen atoms in total. The summed E-state index contributed by atoms with van der Waals surface area (Å²) in [4.78, 5) is 0. The van der Waals surface area contributed by atoms with Crippen molar-refractivity contribution in [3.8, 4) is 6.07 Å². The molecule has 0 aliphatic carbocycles. The molecule has 15 heavy (non-hydrogen) atoms. The fraction of sp³-hybridized carbons (Fsp3) is 0.417. The summed E-state index contributed by atoms with van der Waals surface area (Å²) >= 11 is 0. The van der Waals surface area contributed by atoms with Gasteiger partial charge in [0.15, 0.2) is 0 Å². The maximum Gasteiger partial charge on any atom is 0.274 e. The number of halogens is 2. The van der Waals surface area contributed by atoms with E-state index >= 15 is 0 Å². The Balaban J connectivity index is 2.99. The first-order chi connectivity index (χ1) is 6.97. The fourth-order valence-electron chi connectivity index (χ4n) is 1.57. The van der Waals surface area contributed by atoms with Gasteiger partial charge >= 0.3 is 0 Å². The largest absolute Gasteiger partial charge is 0.274 e. The normalized spacial score (nSPS) is 11.1. The molecular formula is C12H13F2N. The zero-order valence-electron chi connectivity index (χ0n) is 8.85. The van der Waals surface area contributed by atoms with Crippen LogP contribution in [0.3, 0.4) is 0 Å². The lowest BCUT2D eigenvalue weighted by atomic mass is 9.97. The number of hydrogen-bond donors (Lipinski definition) is 0. The van der Waals surface area contributed by atoms with Crippen LogP contribution in [0.2, 0.25) is 0 Å². The summed E-state index contributed by atoms with van der Waals surface area (Å²) in [6.45, 7) is 3.53. The third kappa shape index (κ3) is 2.76. The number of nitrogens with zero attached hydrogens (tertiary/aromatic N) is 1. The molecule has 0 aromatic heterocycles. The Kier molecular flexibility index (Phi) is 3.41. The van der Waals surface area contributed by atoms with Crippen molar-refractivity contribution in [1.29, 1.82) is 5.26 Å². The van der Waals surface area contributed by atoms with E-state index in [0.29, 0.717) is 5.56 Å². The molecule has 0 saturated carbocycles. The van der Waals surface area contributed by atoms with E-state index in [0.717, 1.165) is 5.56 Å². The van der Waals surface area contributed by atoms with E-state index in [-0.39, 0.29) is 12.0 Å². The van der Waals surface area contributed by atoms with Crippen LogP contribution in [0, 0.1) is 25.2 Å². The van der Waals surface area contributed by atoms with Crippen molar-refractivity contribution in [1.82, 2.24) is 0 Å². The topological polar surface area (TPSA) is 23.8 Å². The summed E-state index contributed by atoms with van der Waals surface area (Å²) in [5.41, 5.74) is 1.58. The molecule has 0 atom stereocenters. The average molecular weight is 209 g/mol. The highest BCUT2D eigenvalue weighted by Gasteiger charge is 2.32. The van der Waals surface area contributed by atoms with Gasteiger partial charge in [-0.3, -0.25) is 0 Å². The standard InChI is InChI=1S/C12H13F2N/c1-9-4-5-11(10(2)8-9)12(13,14)6-3-7-15/h4-5,8H,3,6H2,1-2H3. The fourth-order valence-corrected chi connectivity index (χ4v) is 1.57. The molecule has 1 aromatic rings. The monoisotopic (exact) mass is 209 g/mol. The Hall–Kier alpha value is -1.43. The van der Waals surface area contributed by atoms with Crippen molar-refractivity contribution < 1.29 is 8.78 Å². The minimum Gasteiger partial charge on any atom is -0.201 e. The highest BCUT2D eigenvalue weighted by molar-refractivity contribution is 5.33. The first-order valence-electron chi connectivity index (χ1n) is 4.80. The van der Waals surface area contributed by atoms with Gasteiger partial charge in [0.2, 0.25) is 0 Å². The van der Waals surface area contributed by atoms with Crippen LogP contribution in [0.1, 0.15) is 29.5 Å². The van der Waals surface area contributed by atoms with Crippen molar-refractivity contribution in [2.75, 3.05) is 0 Å². The number of hydrogen-bond acceptors (Lipinski definition) is 1. The Labute approximate surface area is 88.3 Å². The van der Waals surface area contributed by atoms with E-state index < -0.39 is 12.3 Å². The summed E-state index contributed by atoms with van der Waals surface area (Å²) in [7, 11) is 0. The first-order valence-corrected chi connectivity index (χ1v) is 4.80. The molecule has 0 unspecified atom stereocenters. The second-order valence-electron chi connectivity index (χ2n) is 3.68. The molecule has 0 radical (unpaired) electrons. The van der Waals surface area contributed by atoms with Gasteiger partial charge < -0.3 is 0 Å². The van der Waals surface area contributed by atoms with Crippen molar-refractivity contribution in [3.05, 3.63) is 34.9 Å². The van der Waals surface area contributed by atoms with Crippen molar-refractivity contribution in [3.63, 3.8) is 0 Å². The highest BCUT2D eigenvalue weighted by Crippen LogP contribution is 2.34. The van der Waals surface area contributed by atoms with E-state index in [1.807, 2.05) is 6.92 Å². The average Bonchev–Trinajstić information content (AvgIpc) is 2.14. The third-order valence-corrected chi connectivity index (χ3v) is 2.33. The minimum atomic E-state index is -2.90. The van der Waals surface area contributed by atoms with Crippen molar-refractivity contribution >= 4 is 0 Å². The molecule has 80 valence electrons. The summed E-state index contributed by atoms with van der Waals surface area (Å²) in [5.74, 6) is -2.90. The van der Waals surface area contributed by atoms with Gasteiger partial charge in [0.05, 0.1) is 6.07 Å². The van der Waals surface area contributed by atoms with Crippen LogP contribution in [-0.2, 0) is 5.92 Å². The molecule has 0 fully saturated rings. The molecule has 0 bridgehead atoms. The van der Waals surface area contributed by atoms with E-state index in [9.17, 15) is 8.78 Å². The summed E-state index contributed by atoms with van der Waals surface area (Å²) in [6.07, 6.45) is -0.534. The van der Waals surface area contributed by atoms with Crippen LogP contribution in [0.25, 0.3) is 0 Å². The molecule has 0 amide bonds. The Morgan fingerprint density at radius 3 is 2.53 bits per heavy atom. The van der Waals surface area contributed by atoms with E-state index in [1.54, 1.807) is 25.1 Å². The number of benzene rings is 1. The molecule has 0 heterocycles. The lowest BCUT2D eigenvalue weighted by Gasteiger charge is -2.17.